The highest BCUT2D eigenvalue weighted by Crippen LogP contribution is 2.07. The standard InChI is InChI=1S/C6H7NO3/c1-4(8)7-5(9)2-3-6(7)10/h2-3,5,9H,1H3. The molecule has 0 fully saturated rings. The van der Waals surface area contributed by atoms with Gasteiger partial charge in [-0.15, -0.1) is 0 Å². The van der Waals surface area contributed by atoms with Crippen LogP contribution in [0.2, 0.25) is 0 Å². The lowest BCUT2D eigenvalue weighted by atomic mass is 10.5. The molecule has 1 aliphatic rings. The number of carbonyl (C=O) groups is 2. The summed E-state index contributed by atoms with van der Waals surface area (Å²) in [6.07, 6.45) is 1.38. The van der Waals surface area contributed by atoms with Crippen molar-refractivity contribution in [1.29, 1.82) is 0 Å². The van der Waals surface area contributed by atoms with Crippen molar-refractivity contribution in [3.63, 3.8) is 0 Å². The molecule has 0 aromatic rings. The first-order chi connectivity index (χ1) is 4.63. The maximum absolute atomic E-state index is 10.7. The third-order valence-electron chi connectivity index (χ3n) is 1.25. The van der Waals surface area contributed by atoms with Gasteiger partial charge in [-0.2, -0.15) is 0 Å². The minimum atomic E-state index is -1.06. The lowest BCUT2D eigenvalue weighted by Gasteiger charge is -2.14. The molecule has 0 bridgehead atoms. The molecule has 2 amide bonds. The molecular formula is C6H7NO3. The third kappa shape index (κ3) is 0.930. The summed E-state index contributed by atoms with van der Waals surface area (Å²) in [7, 11) is 0. The van der Waals surface area contributed by atoms with Crippen molar-refractivity contribution in [1.82, 2.24) is 4.90 Å². The van der Waals surface area contributed by atoms with Crippen LogP contribution in [0.15, 0.2) is 12.2 Å². The smallest absolute Gasteiger partial charge is 0.255 e. The summed E-state index contributed by atoms with van der Waals surface area (Å²) >= 11 is 0. The molecule has 1 N–H and O–H groups in total. The van der Waals surface area contributed by atoms with Crippen molar-refractivity contribution in [2.24, 2.45) is 0 Å². The molecule has 1 atom stereocenters. The van der Waals surface area contributed by atoms with Gasteiger partial charge in [0.15, 0.2) is 6.23 Å². The van der Waals surface area contributed by atoms with Crippen molar-refractivity contribution in [2.75, 3.05) is 0 Å². The maximum atomic E-state index is 10.7. The molecule has 0 aromatic carbocycles. The van der Waals surface area contributed by atoms with Gasteiger partial charge in [-0.3, -0.25) is 9.59 Å². The van der Waals surface area contributed by atoms with Crippen LogP contribution in [0.5, 0.6) is 0 Å². The molecule has 1 aliphatic heterocycles. The predicted molar refractivity (Wildman–Crippen MR) is 32.7 cm³/mol. The minimum absolute atomic E-state index is 0.442. The van der Waals surface area contributed by atoms with Crippen LogP contribution in [0.3, 0.4) is 0 Å². The number of aliphatic hydroxyl groups excluding tert-OH is 1. The summed E-state index contributed by atoms with van der Waals surface area (Å²) in [4.78, 5) is 22.0. The molecule has 4 nitrogen and oxygen atoms in total. The minimum Gasteiger partial charge on any atom is -0.369 e. The summed E-state index contributed by atoms with van der Waals surface area (Å²) in [5.74, 6) is -0.900. The lowest BCUT2D eigenvalue weighted by molar-refractivity contribution is -0.146. The van der Waals surface area contributed by atoms with E-state index in [1.807, 2.05) is 0 Å². The van der Waals surface area contributed by atoms with E-state index in [2.05, 4.69) is 0 Å². The third-order valence-corrected chi connectivity index (χ3v) is 1.25. The van der Waals surface area contributed by atoms with Gasteiger partial charge in [0.05, 0.1) is 0 Å². The number of hydrogen-bond acceptors (Lipinski definition) is 3. The Morgan fingerprint density at radius 1 is 1.80 bits per heavy atom. The molecule has 0 saturated heterocycles. The number of carbonyl (C=O) groups excluding carboxylic acids is 2. The summed E-state index contributed by atoms with van der Waals surface area (Å²) in [6.45, 7) is 1.23. The van der Waals surface area contributed by atoms with Crippen LogP contribution in [-0.4, -0.2) is 28.0 Å². The topological polar surface area (TPSA) is 57.6 Å². The zero-order valence-corrected chi connectivity index (χ0v) is 5.44. The SMILES string of the molecule is CC(=O)N1C(=O)C=CC1O. The zero-order chi connectivity index (χ0) is 7.72. The molecule has 0 aromatic heterocycles. The predicted octanol–water partition coefficient (Wildman–Crippen LogP) is -0.750. The molecular weight excluding hydrogens is 134 g/mol. The van der Waals surface area contributed by atoms with Gasteiger partial charge in [-0.25, -0.2) is 4.90 Å². The van der Waals surface area contributed by atoms with Gasteiger partial charge in [0.2, 0.25) is 5.91 Å². The molecule has 0 saturated carbocycles. The second-order valence-corrected chi connectivity index (χ2v) is 2.00. The largest absolute Gasteiger partial charge is 0.369 e. The Morgan fingerprint density at radius 2 is 2.40 bits per heavy atom. The number of imide groups is 1. The number of aliphatic hydroxyl groups is 1. The van der Waals surface area contributed by atoms with Crippen molar-refractivity contribution < 1.29 is 14.7 Å². The van der Waals surface area contributed by atoms with Crippen molar-refractivity contribution >= 4 is 11.8 Å². The van der Waals surface area contributed by atoms with Crippen LogP contribution >= 0.6 is 0 Å². The Morgan fingerprint density at radius 3 is 2.60 bits per heavy atom. The molecule has 0 spiro atoms. The Kier molecular flexibility index (Phi) is 1.55. The second kappa shape index (κ2) is 2.22. The highest BCUT2D eigenvalue weighted by atomic mass is 16.3. The van der Waals surface area contributed by atoms with Crippen LogP contribution in [0.1, 0.15) is 6.92 Å². The molecule has 1 rings (SSSR count). The fourth-order valence-corrected chi connectivity index (χ4v) is 0.807. The van der Waals surface area contributed by atoms with Crippen LogP contribution in [-0.2, 0) is 9.59 Å². The first kappa shape index (κ1) is 6.95. The normalized spacial score (nSPS) is 24.0. The Balaban J connectivity index is 2.79. The van der Waals surface area contributed by atoms with E-state index >= 15 is 0 Å². The summed E-state index contributed by atoms with van der Waals surface area (Å²) in [5, 5.41) is 8.93. The van der Waals surface area contributed by atoms with Crippen molar-refractivity contribution in [3.05, 3.63) is 12.2 Å². The average Bonchev–Trinajstić information content (AvgIpc) is 2.11. The average molecular weight is 141 g/mol. The van der Waals surface area contributed by atoms with Crippen LogP contribution in [0.4, 0.5) is 0 Å². The van der Waals surface area contributed by atoms with Crippen LogP contribution in [0, 0.1) is 0 Å². The van der Waals surface area contributed by atoms with Gasteiger partial charge in [0, 0.05) is 13.0 Å². The van der Waals surface area contributed by atoms with Gasteiger partial charge in [-0.05, 0) is 6.08 Å². The van der Waals surface area contributed by atoms with E-state index in [0.717, 1.165) is 4.90 Å². The first-order valence-electron chi connectivity index (χ1n) is 2.83. The number of rotatable bonds is 0. The summed E-state index contributed by atoms with van der Waals surface area (Å²) in [5.41, 5.74) is 0. The Labute approximate surface area is 57.7 Å². The van der Waals surface area contributed by atoms with E-state index in [9.17, 15) is 9.59 Å². The molecule has 10 heavy (non-hydrogen) atoms. The van der Waals surface area contributed by atoms with Gasteiger partial charge in [-0.1, -0.05) is 0 Å². The fraction of sp³-hybridized carbons (Fsp3) is 0.333. The van der Waals surface area contributed by atoms with E-state index in [1.165, 1.54) is 19.1 Å². The van der Waals surface area contributed by atoms with E-state index in [4.69, 9.17) is 5.11 Å². The van der Waals surface area contributed by atoms with Crippen LogP contribution < -0.4 is 0 Å². The Bertz CT molecular complexity index is 209. The highest BCUT2D eigenvalue weighted by molar-refractivity contribution is 6.02. The summed E-state index contributed by atoms with van der Waals surface area (Å²) in [6, 6.07) is 0. The van der Waals surface area contributed by atoms with Gasteiger partial charge in [0.25, 0.3) is 5.91 Å². The van der Waals surface area contributed by atoms with Gasteiger partial charge in [0.1, 0.15) is 0 Å². The Hall–Kier alpha value is -1.16. The van der Waals surface area contributed by atoms with Crippen molar-refractivity contribution in [2.45, 2.75) is 13.2 Å². The number of amides is 2. The molecule has 0 radical (unpaired) electrons. The second-order valence-electron chi connectivity index (χ2n) is 2.00. The first-order valence-corrected chi connectivity index (χ1v) is 2.83. The molecule has 4 heteroatoms. The van der Waals surface area contributed by atoms with E-state index in [-0.39, 0.29) is 0 Å². The fourth-order valence-electron chi connectivity index (χ4n) is 0.807. The zero-order valence-electron chi connectivity index (χ0n) is 5.44. The highest BCUT2D eigenvalue weighted by Gasteiger charge is 2.26. The molecule has 0 aliphatic carbocycles. The quantitative estimate of drug-likeness (QED) is 0.483. The summed E-state index contributed by atoms with van der Waals surface area (Å²) < 4.78 is 0. The monoisotopic (exact) mass is 141 g/mol. The van der Waals surface area contributed by atoms with E-state index in [0.29, 0.717) is 0 Å². The maximum Gasteiger partial charge on any atom is 0.255 e. The molecule has 1 unspecified atom stereocenters. The molecule has 1 heterocycles. The lowest BCUT2D eigenvalue weighted by Crippen LogP contribution is -2.37. The van der Waals surface area contributed by atoms with E-state index < -0.39 is 18.0 Å². The van der Waals surface area contributed by atoms with E-state index in [1.54, 1.807) is 0 Å². The van der Waals surface area contributed by atoms with Crippen molar-refractivity contribution in [3.8, 4) is 0 Å². The number of nitrogens with zero attached hydrogens (tertiary/aromatic N) is 1. The van der Waals surface area contributed by atoms with Gasteiger partial charge >= 0.3 is 0 Å². The van der Waals surface area contributed by atoms with Crippen LogP contribution in [0.25, 0.3) is 0 Å². The number of hydrogen-bond donors (Lipinski definition) is 1. The van der Waals surface area contributed by atoms with Gasteiger partial charge < -0.3 is 5.11 Å². The molecule has 54 valence electrons.